The maximum absolute atomic E-state index is 11.1. The molecular weight excluding hydrogens is 188 g/mol. The van der Waals surface area contributed by atoms with Crippen LogP contribution in [0.15, 0.2) is 0 Å². The minimum Gasteiger partial charge on any atom is -0.465 e. The van der Waals surface area contributed by atoms with Gasteiger partial charge in [-0.3, -0.25) is 0 Å². The van der Waals surface area contributed by atoms with Crippen molar-refractivity contribution in [2.45, 2.75) is 12.5 Å². The molecule has 1 saturated heterocycles. The Morgan fingerprint density at radius 3 is 2.57 bits per heavy atom. The van der Waals surface area contributed by atoms with Gasteiger partial charge in [0.1, 0.15) is 6.10 Å². The Kier molecular flexibility index (Phi) is 3.16. The van der Waals surface area contributed by atoms with Gasteiger partial charge in [0.15, 0.2) is 0 Å². The van der Waals surface area contributed by atoms with Crippen LogP contribution in [0.5, 0.6) is 0 Å². The van der Waals surface area contributed by atoms with E-state index in [1.165, 1.54) is 9.80 Å². The van der Waals surface area contributed by atoms with E-state index in [1.54, 1.807) is 14.1 Å². The summed E-state index contributed by atoms with van der Waals surface area (Å²) in [4.78, 5) is 24.2. The number of carbonyl (C=O) groups is 2. The zero-order valence-electron chi connectivity index (χ0n) is 8.27. The van der Waals surface area contributed by atoms with E-state index >= 15 is 0 Å². The molecule has 1 aliphatic rings. The number of rotatable bonds is 1. The van der Waals surface area contributed by atoms with Gasteiger partial charge in [-0.05, 0) is 0 Å². The molecule has 1 fully saturated rings. The molecule has 0 aliphatic carbocycles. The lowest BCUT2D eigenvalue weighted by Gasteiger charge is -2.16. The summed E-state index contributed by atoms with van der Waals surface area (Å²) < 4.78 is 5.04. The molecule has 0 aromatic carbocycles. The second-order valence-electron chi connectivity index (χ2n) is 3.42. The predicted octanol–water partition coefficient (Wildman–Crippen LogP) is 0.437. The largest absolute Gasteiger partial charge is 0.465 e. The van der Waals surface area contributed by atoms with Gasteiger partial charge in [-0.1, -0.05) is 0 Å². The van der Waals surface area contributed by atoms with Gasteiger partial charge in [-0.15, -0.1) is 0 Å². The van der Waals surface area contributed by atoms with Gasteiger partial charge in [0.05, 0.1) is 6.54 Å². The molecule has 2 amide bonds. The molecule has 80 valence electrons. The molecule has 1 N–H and O–H groups in total. The van der Waals surface area contributed by atoms with Gasteiger partial charge in [0.25, 0.3) is 0 Å². The summed E-state index contributed by atoms with van der Waals surface area (Å²) in [6, 6.07) is 0. The summed E-state index contributed by atoms with van der Waals surface area (Å²) in [5.74, 6) is 0. The quantitative estimate of drug-likeness (QED) is 0.669. The second-order valence-corrected chi connectivity index (χ2v) is 3.42. The van der Waals surface area contributed by atoms with Crippen LogP contribution in [0.3, 0.4) is 0 Å². The Balaban J connectivity index is 2.36. The van der Waals surface area contributed by atoms with Gasteiger partial charge in [-0.2, -0.15) is 0 Å². The number of likely N-dealkylation sites (tertiary alicyclic amines) is 1. The van der Waals surface area contributed by atoms with E-state index in [4.69, 9.17) is 9.84 Å². The Morgan fingerprint density at radius 1 is 1.50 bits per heavy atom. The van der Waals surface area contributed by atoms with Gasteiger partial charge in [-0.25, -0.2) is 9.59 Å². The maximum Gasteiger partial charge on any atom is 0.409 e. The van der Waals surface area contributed by atoms with Crippen molar-refractivity contribution in [1.29, 1.82) is 0 Å². The van der Waals surface area contributed by atoms with Crippen LogP contribution in [0.25, 0.3) is 0 Å². The average Bonchev–Trinajstić information content (AvgIpc) is 2.52. The van der Waals surface area contributed by atoms with E-state index in [-0.39, 0.29) is 12.6 Å². The lowest BCUT2D eigenvalue weighted by Crippen LogP contribution is -2.32. The van der Waals surface area contributed by atoms with Crippen molar-refractivity contribution in [1.82, 2.24) is 9.80 Å². The smallest absolute Gasteiger partial charge is 0.409 e. The topological polar surface area (TPSA) is 70.1 Å². The Hall–Kier alpha value is -1.46. The van der Waals surface area contributed by atoms with Gasteiger partial charge in [0.2, 0.25) is 0 Å². The van der Waals surface area contributed by atoms with Crippen LogP contribution in [-0.4, -0.2) is 60.4 Å². The molecule has 1 atom stereocenters. The molecule has 0 spiro atoms. The third kappa shape index (κ3) is 2.51. The van der Waals surface area contributed by atoms with E-state index < -0.39 is 12.2 Å². The molecular formula is C8H14N2O4. The van der Waals surface area contributed by atoms with Crippen molar-refractivity contribution in [3.05, 3.63) is 0 Å². The fourth-order valence-corrected chi connectivity index (χ4v) is 1.25. The van der Waals surface area contributed by atoms with Crippen LogP contribution >= 0.6 is 0 Å². The van der Waals surface area contributed by atoms with Crippen molar-refractivity contribution in [2.24, 2.45) is 0 Å². The van der Waals surface area contributed by atoms with E-state index in [9.17, 15) is 9.59 Å². The van der Waals surface area contributed by atoms with Crippen molar-refractivity contribution in [2.75, 3.05) is 27.2 Å². The summed E-state index contributed by atoms with van der Waals surface area (Å²) >= 11 is 0. The number of ether oxygens (including phenoxy) is 1. The summed E-state index contributed by atoms with van der Waals surface area (Å²) in [6.45, 7) is 0.704. The number of carboxylic acid groups (broad SMARTS) is 1. The zero-order valence-corrected chi connectivity index (χ0v) is 8.27. The molecule has 0 aromatic heterocycles. The summed E-state index contributed by atoms with van der Waals surface area (Å²) in [5, 5.41) is 8.65. The standard InChI is InChI=1S/C8H14N2O4/c1-9(2)8(13)14-6-3-4-10(5-6)7(11)12/h6H,3-5H2,1-2H3,(H,11,12)/t6-/m1/s1. The van der Waals surface area contributed by atoms with Crippen molar-refractivity contribution < 1.29 is 19.4 Å². The summed E-state index contributed by atoms with van der Waals surface area (Å²) in [6.07, 6.45) is -1.12. The molecule has 0 unspecified atom stereocenters. The summed E-state index contributed by atoms with van der Waals surface area (Å²) in [7, 11) is 3.18. The molecule has 6 heteroatoms. The number of hydrogen-bond acceptors (Lipinski definition) is 3. The Morgan fingerprint density at radius 2 is 2.14 bits per heavy atom. The molecule has 14 heavy (non-hydrogen) atoms. The van der Waals surface area contributed by atoms with Crippen molar-refractivity contribution >= 4 is 12.2 Å². The zero-order chi connectivity index (χ0) is 10.7. The van der Waals surface area contributed by atoms with Gasteiger partial charge in [0, 0.05) is 27.1 Å². The van der Waals surface area contributed by atoms with Crippen molar-refractivity contribution in [3.8, 4) is 0 Å². The lowest BCUT2D eigenvalue weighted by molar-refractivity contribution is 0.0766. The first kappa shape index (κ1) is 10.6. The SMILES string of the molecule is CN(C)C(=O)O[C@@H]1CCN(C(=O)O)C1. The molecule has 0 saturated carbocycles. The normalized spacial score (nSPS) is 20.7. The first-order valence-corrected chi connectivity index (χ1v) is 4.36. The first-order valence-electron chi connectivity index (χ1n) is 4.36. The molecule has 6 nitrogen and oxygen atoms in total. The first-order chi connectivity index (χ1) is 6.50. The highest BCUT2D eigenvalue weighted by atomic mass is 16.6. The highest BCUT2D eigenvalue weighted by Gasteiger charge is 2.28. The fourth-order valence-electron chi connectivity index (χ4n) is 1.25. The van der Waals surface area contributed by atoms with E-state index in [0.717, 1.165) is 0 Å². The number of amides is 2. The van der Waals surface area contributed by atoms with Gasteiger partial charge >= 0.3 is 12.2 Å². The molecule has 1 aliphatic heterocycles. The van der Waals surface area contributed by atoms with E-state index in [0.29, 0.717) is 13.0 Å². The minimum atomic E-state index is -0.964. The number of nitrogens with zero attached hydrogens (tertiary/aromatic N) is 2. The molecule has 0 bridgehead atoms. The minimum absolute atomic E-state index is 0.273. The van der Waals surface area contributed by atoms with Crippen LogP contribution < -0.4 is 0 Å². The summed E-state index contributed by atoms with van der Waals surface area (Å²) in [5.41, 5.74) is 0. The molecule has 1 rings (SSSR count). The monoisotopic (exact) mass is 202 g/mol. The maximum atomic E-state index is 11.1. The second kappa shape index (κ2) is 4.17. The average molecular weight is 202 g/mol. The van der Waals surface area contributed by atoms with Crippen LogP contribution in [0.1, 0.15) is 6.42 Å². The molecule has 0 aromatic rings. The van der Waals surface area contributed by atoms with Gasteiger partial charge < -0.3 is 19.6 Å². The lowest BCUT2D eigenvalue weighted by atomic mass is 10.3. The number of carbonyl (C=O) groups excluding carboxylic acids is 1. The van der Waals surface area contributed by atoms with Crippen LogP contribution in [0.4, 0.5) is 9.59 Å². The van der Waals surface area contributed by atoms with Crippen LogP contribution in [-0.2, 0) is 4.74 Å². The highest BCUT2D eigenvalue weighted by molar-refractivity contribution is 5.68. The molecule has 1 heterocycles. The van der Waals surface area contributed by atoms with E-state index in [1.807, 2.05) is 0 Å². The number of hydrogen-bond donors (Lipinski definition) is 1. The Labute approximate surface area is 82.0 Å². The third-order valence-electron chi connectivity index (χ3n) is 2.05. The van der Waals surface area contributed by atoms with Crippen LogP contribution in [0, 0.1) is 0 Å². The van der Waals surface area contributed by atoms with Crippen LogP contribution in [0.2, 0.25) is 0 Å². The predicted molar refractivity (Wildman–Crippen MR) is 48.2 cm³/mol. The fraction of sp³-hybridized carbons (Fsp3) is 0.750. The molecule has 0 radical (unpaired) electrons. The van der Waals surface area contributed by atoms with Crippen molar-refractivity contribution in [3.63, 3.8) is 0 Å². The highest BCUT2D eigenvalue weighted by Crippen LogP contribution is 2.13. The third-order valence-corrected chi connectivity index (χ3v) is 2.05. The van der Waals surface area contributed by atoms with E-state index in [2.05, 4.69) is 0 Å². The Bertz CT molecular complexity index is 241.